The number of nitrogens with one attached hydrogen (secondary N) is 1. The maximum Gasteiger partial charge on any atom is 0.0613 e. The first-order chi connectivity index (χ1) is 6.88. The average molecular weight is 187 g/mol. The van der Waals surface area contributed by atoms with Crippen LogP contribution in [0.3, 0.4) is 0 Å². The fraction of sp³-hybridized carbons (Fsp3) is 0.167. The summed E-state index contributed by atoms with van der Waals surface area (Å²) >= 11 is 0. The number of anilines is 1. The van der Waals surface area contributed by atoms with E-state index < -0.39 is 0 Å². The summed E-state index contributed by atoms with van der Waals surface area (Å²) < 4.78 is 0. The van der Waals surface area contributed by atoms with Gasteiger partial charge in [-0.05, 0) is 12.1 Å². The smallest absolute Gasteiger partial charge is 0.0613 e. The molecule has 0 aliphatic carbocycles. The molecule has 0 fully saturated rings. The van der Waals surface area contributed by atoms with Gasteiger partial charge >= 0.3 is 0 Å². The van der Waals surface area contributed by atoms with Gasteiger partial charge in [0.15, 0.2) is 0 Å². The van der Waals surface area contributed by atoms with E-state index in [9.17, 15) is 0 Å². The Morgan fingerprint density at radius 3 is 2.86 bits per heavy atom. The molecule has 1 aromatic carbocycles. The van der Waals surface area contributed by atoms with Crippen molar-refractivity contribution in [2.45, 2.75) is 0 Å². The molecule has 0 radical (unpaired) electrons. The standard InChI is InChI=1S/C12H13NO/c1-2-11-7-3-4-8-12(11)13-9-5-6-10-14/h1,3-8,13-14H,9-10H2/b6-5-. The third-order valence-corrected chi connectivity index (χ3v) is 1.77. The highest BCUT2D eigenvalue weighted by atomic mass is 16.2. The van der Waals surface area contributed by atoms with E-state index in [-0.39, 0.29) is 6.61 Å². The number of rotatable bonds is 4. The molecule has 14 heavy (non-hydrogen) atoms. The summed E-state index contributed by atoms with van der Waals surface area (Å²) in [4.78, 5) is 0. The van der Waals surface area contributed by atoms with E-state index in [4.69, 9.17) is 11.5 Å². The highest BCUT2D eigenvalue weighted by molar-refractivity contribution is 5.58. The number of terminal acetylenes is 1. The van der Waals surface area contributed by atoms with Gasteiger partial charge in [0.25, 0.3) is 0 Å². The first-order valence-electron chi connectivity index (χ1n) is 4.44. The molecule has 1 aromatic rings. The fourth-order valence-corrected chi connectivity index (χ4v) is 1.09. The second-order valence-corrected chi connectivity index (χ2v) is 2.72. The van der Waals surface area contributed by atoms with Crippen molar-refractivity contribution in [3.63, 3.8) is 0 Å². The van der Waals surface area contributed by atoms with E-state index >= 15 is 0 Å². The van der Waals surface area contributed by atoms with Gasteiger partial charge in [0.2, 0.25) is 0 Å². The molecule has 0 saturated heterocycles. The van der Waals surface area contributed by atoms with Crippen LogP contribution in [0.1, 0.15) is 5.56 Å². The van der Waals surface area contributed by atoms with Crippen molar-refractivity contribution in [2.24, 2.45) is 0 Å². The molecule has 0 spiro atoms. The minimum Gasteiger partial charge on any atom is -0.392 e. The lowest BCUT2D eigenvalue weighted by Crippen LogP contribution is -2.00. The number of para-hydroxylation sites is 1. The van der Waals surface area contributed by atoms with Crippen LogP contribution in [0.4, 0.5) is 5.69 Å². The summed E-state index contributed by atoms with van der Waals surface area (Å²) in [6.45, 7) is 0.734. The Balaban J connectivity index is 2.59. The van der Waals surface area contributed by atoms with Crippen LogP contribution in [0.5, 0.6) is 0 Å². The lowest BCUT2D eigenvalue weighted by Gasteiger charge is -2.05. The fourth-order valence-electron chi connectivity index (χ4n) is 1.09. The topological polar surface area (TPSA) is 32.3 Å². The van der Waals surface area contributed by atoms with Crippen molar-refractivity contribution in [1.29, 1.82) is 0 Å². The van der Waals surface area contributed by atoms with Crippen LogP contribution in [0, 0.1) is 12.3 Å². The van der Waals surface area contributed by atoms with Gasteiger partial charge in [-0.1, -0.05) is 30.2 Å². The Morgan fingerprint density at radius 1 is 1.36 bits per heavy atom. The number of aliphatic hydroxyl groups is 1. The highest BCUT2D eigenvalue weighted by Crippen LogP contribution is 2.12. The maximum absolute atomic E-state index is 8.52. The average Bonchev–Trinajstić information content (AvgIpc) is 2.25. The molecule has 0 aliphatic heterocycles. The van der Waals surface area contributed by atoms with E-state index in [0.717, 1.165) is 11.3 Å². The molecule has 1 rings (SSSR count). The normalized spacial score (nSPS) is 10.0. The predicted molar refractivity (Wildman–Crippen MR) is 59.1 cm³/mol. The van der Waals surface area contributed by atoms with Crippen LogP contribution < -0.4 is 5.32 Å². The molecule has 0 aromatic heterocycles. The molecule has 0 bridgehead atoms. The quantitative estimate of drug-likeness (QED) is 0.554. The summed E-state index contributed by atoms with van der Waals surface area (Å²) in [5, 5.41) is 11.7. The SMILES string of the molecule is C#Cc1ccccc1NC/C=C\CO. The Morgan fingerprint density at radius 2 is 2.14 bits per heavy atom. The maximum atomic E-state index is 8.52. The molecular weight excluding hydrogens is 174 g/mol. The first-order valence-corrected chi connectivity index (χ1v) is 4.44. The second kappa shape index (κ2) is 5.85. The number of hydrogen-bond acceptors (Lipinski definition) is 2. The van der Waals surface area contributed by atoms with Crippen LogP contribution in [0.25, 0.3) is 0 Å². The number of hydrogen-bond donors (Lipinski definition) is 2. The molecule has 2 nitrogen and oxygen atoms in total. The molecule has 0 heterocycles. The van der Waals surface area contributed by atoms with E-state index in [1.807, 2.05) is 30.3 Å². The number of aliphatic hydroxyl groups excluding tert-OH is 1. The van der Waals surface area contributed by atoms with Crippen molar-refractivity contribution in [1.82, 2.24) is 0 Å². The Bertz CT molecular complexity index is 350. The van der Waals surface area contributed by atoms with Crippen molar-refractivity contribution >= 4 is 5.69 Å². The lowest BCUT2D eigenvalue weighted by molar-refractivity contribution is 0.342. The third-order valence-electron chi connectivity index (χ3n) is 1.77. The minimum atomic E-state index is 0.0679. The second-order valence-electron chi connectivity index (χ2n) is 2.72. The Hall–Kier alpha value is -1.72. The Labute approximate surface area is 84.3 Å². The van der Waals surface area contributed by atoms with Gasteiger partial charge < -0.3 is 10.4 Å². The van der Waals surface area contributed by atoms with Gasteiger partial charge in [-0.3, -0.25) is 0 Å². The molecular formula is C12H13NO. The summed E-state index contributed by atoms with van der Waals surface area (Å²) in [6.07, 6.45) is 8.87. The van der Waals surface area contributed by atoms with Gasteiger partial charge in [0.05, 0.1) is 12.3 Å². The Kier molecular flexibility index (Phi) is 4.33. The molecule has 2 heteroatoms. The summed E-state index contributed by atoms with van der Waals surface area (Å²) in [5.74, 6) is 2.60. The van der Waals surface area contributed by atoms with E-state index in [2.05, 4.69) is 11.2 Å². The van der Waals surface area contributed by atoms with Gasteiger partial charge in [0.1, 0.15) is 0 Å². The van der Waals surface area contributed by atoms with Crippen LogP contribution in [-0.4, -0.2) is 18.3 Å². The van der Waals surface area contributed by atoms with Crippen LogP contribution in [-0.2, 0) is 0 Å². The van der Waals surface area contributed by atoms with Gasteiger partial charge in [0, 0.05) is 12.1 Å². The minimum absolute atomic E-state index is 0.0679. The summed E-state index contributed by atoms with van der Waals surface area (Å²) in [7, 11) is 0. The van der Waals surface area contributed by atoms with Crippen molar-refractivity contribution in [3.8, 4) is 12.3 Å². The van der Waals surface area contributed by atoms with E-state index in [1.165, 1.54) is 0 Å². The zero-order valence-electron chi connectivity index (χ0n) is 7.90. The van der Waals surface area contributed by atoms with Crippen LogP contribution in [0.15, 0.2) is 36.4 Å². The summed E-state index contributed by atoms with van der Waals surface area (Å²) in [6, 6.07) is 7.66. The van der Waals surface area contributed by atoms with E-state index in [0.29, 0.717) is 6.54 Å². The van der Waals surface area contributed by atoms with Crippen molar-refractivity contribution in [2.75, 3.05) is 18.5 Å². The van der Waals surface area contributed by atoms with Gasteiger partial charge in [-0.2, -0.15) is 0 Å². The molecule has 72 valence electrons. The zero-order valence-corrected chi connectivity index (χ0v) is 7.90. The van der Waals surface area contributed by atoms with Crippen LogP contribution in [0.2, 0.25) is 0 Å². The van der Waals surface area contributed by atoms with Crippen molar-refractivity contribution in [3.05, 3.63) is 42.0 Å². The lowest BCUT2D eigenvalue weighted by atomic mass is 10.2. The highest BCUT2D eigenvalue weighted by Gasteiger charge is 1.94. The molecule has 0 aliphatic rings. The molecule has 0 atom stereocenters. The third kappa shape index (κ3) is 2.96. The van der Waals surface area contributed by atoms with Gasteiger partial charge in [-0.25, -0.2) is 0 Å². The predicted octanol–water partition coefficient (Wildman–Crippen LogP) is 1.63. The monoisotopic (exact) mass is 187 g/mol. The molecule has 0 unspecified atom stereocenters. The largest absolute Gasteiger partial charge is 0.392 e. The molecule has 0 saturated carbocycles. The molecule has 0 amide bonds. The summed E-state index contributed by atoms with van der Waals surface area (Å²) in [5.41, 5.74) is 1.79. The van der Waals surface area contributed by atoms with Crippen LogP contribution >= 0.6 is 0 Å². The van der Waals surface area contributed by atoms with Gasteiger partial charge in [-0.15, -0.1) is 6.42 Å². The molecule has 2 N–H and O–H groups in total. The van der Waals surface area contributed by atoms with E-state index in [1.54, 1.807) is 6.08 Å². The van der Waals surface area contributed by atoms with Crippen molar-refractivity contribution < 1.29 is 5.11 Å². The first kappa shape index (κ1) is 10.4. The number of benzene rings is 1. The zero-order chi connectivity index (χ0) is 10.2.